The Labute approximate surface area is 150 Å². The Balaban J connectivity index is 1.99. The number of rotatable bonds is 3. The van der Waals surface area contributed by atoms with Crippen LogP contribution < -0.4 is 0 Å². The molecule has 1 N–H and O–H groups in total. The summed E-state index contributed by atoms with van der Waals surface area (Å²) in [6.45, 7) is 11.3. The molecule has 2 aliphatic rings. The van der Waals surface area contributed by atoms with E-state index in [0.717, 1.165) is 12.8 Å². The van der Waals surface area contributed by atoms with Gasteiger partial charge in [0.25, 0.3) is 0 Å². The lowest BCUT2D eigenvalue weighted by Crippen LogP contribution is -2.33. The Bertz CT molecular complexity index is 714. The summed E-state index contributed by atoms with van der Waals surface area (Å²) < 4.78 is 0. The van der Waals surface area contributed by atoms with Crippen molar-refractivity contribution in [2.45, 2.75) is 71.1 Å². The normalized spacial score (nSPS) is 29.9. The average molecular weight is 342 g/mol. The van der Waals surface area contributed by atoms with E-state index in [1.54, 1.807) is 0 Å². The van der Waals surface area contributed by atoms with Crippen molar-refractivity contribution in [3.63, 3.8) is 0 Å². The van der Waals surface area contributed by atoms with Crippen LogP contribution >= 0.6 is 0 Å². The number of aliphatic carboxylic acids is 1. The smallest absolute Gasteiger partial charge is 0.307 e. The van der Waals surface area contributed by atoms with E-state index in [-0.39, 0.29) is 22.5 Å². The van der Waals surface area contributed by atoms with Crippen LogP contribution in [-0.2, 0) is 15.6 Å². The van der Waals surface area contributed by atoms with Crippen LogP contribution in [0.3, 0.4) is 0 Å². The molecule has 0 heterocycles. The zero-order valence-electron chi connectivity index (χ0n) is 16.1. The van der Waals surface area contributed by atoms with Gasteiger partial charge >= 0.3 is 5.97 Å². The zero-order chi connectivity index (χ0) is 18.6. The molecule has 0 bridgehead atoms. The van der Waals surface area contributed by atoms with Crippen molar-refractivity contribution < 1.29 is 14.7 Å². The molecule has 0 aliphatic heterocycles. The SMILES string of the molecule is CC1C(C)(C)c2ccc(C(=O)C3CCCCC3C(=O)O)cc2C1(C)C. The van der Waals surface area contributed by atoms with E-state index in [4.69, 9.17) is 0 Å². The fourth-order valence-electron chi connectivity index (χ4n) is 5.12. The van der Waals surface area contributed by atoms with Gasteiger partial charge in [-0.25, -0.2) is 0 Å². The van der Waals surface area contributed by atoms with Crippen molar-refractivity contribution in [2.24, 2.45) is 17.8 Å². The minimum absolute atomic E-state index is 0.00782. The molecule has 3 unspecified atom stereocenters. The van der Waals surface area contributed by atoms with Gasteiger partial charge < -0.3 is 5.11 Å². The van der Waals surface area contributed by atoms with E-state index >= 15 is 0 Å². The number of benzene rings is 1. The lowest BCUT2D eigenvalue weighted by Gasteiger charge is -2.32. The second-order valence-corrected chi connectivity index (χ2v) is 9.13. The van der Waals surface area contributed by atoms with Gasteiger partial charge in [-0.1, -0.05) is 59.6 Å². The number of carbonyl (C=O) groups excluding carboxylic acids is 1. The molecule has 2 aliphatic carbocycles. The van der Waals surface area contributed by atoms with E-state index in [1.165, 1.54) is 11.1 Å². The highest BCUT2D eigenvalue weighted by atomic mass is 16.4. The van der Waals surface area contributed by atoms with Crippen LogP contribution in [0.15, 0.2) is 18.2 Å². The Kier molecular flexibility index (Phi) is 4.33. The summed E-state index contributed by atoms with van der Waals surface area (Å²) in [5.41, 5.74) is 3.34. The van der Waals surface area contributed by atoms with Crippen LogP contribution in [0.4, 0.5) is 0 Å². The number of fused-ring (bicyclic) bond motifs is 1. The van der Waals surface area contributed by atoms with Crippen LogP contribution in [-0.4, -0.2) is 16.9 Å². The van der Waals surface area contributed by atoms with E-state index in [1.807, 2.05) is 6.07 Å². The maximum atomic E-state index is 13.1. The van der Waals surface area contributed by atoms with Crippen LogP contribution in [0.2, 0.25) is 0 Å². The molecule has 0 radical (unpaired) electrons. The summed E-state index contributed by atoms with van der Waals surface area (Å²) >= 11 is 0. The molecule has 1 aromatic carbocycles. The molecule has 0 amide bonds. The topological polar surface area (TPSA) is 54.4 Å². The molecule has 136 valence electrons. The zero-order valence-corrected chi connectivity index (χ0v) is 16.1. The van der Waals surface area contributed by atoms with Crippen LogP contribution in [0.5, 0.6) is 0 Å². The monoisotopic (exact) mass is 342 g/mol. The number of carboxylic acid groups (broad SMARTS) is 1. The third-order valence-corrected chi connectivity index (χ3v) is 7.28. The lowest BCUT2D eigenvalue weighted by molar-refractivity contribution is -0.144. The van der Waals surface area contributed by atoms with Crippen molar-refractivity contribution in [2.75, 3.05) is 0 Å². The molecule has 1 saturated carbocycles. The Hall–Kier alpha value is -1.64. The van der Waals surface area contributed by atoms with Gasteiger partial charge in [0.05, 0.1) is 5.92 Å². The molecule has 3 rings (SSSR count). The van der Waals surface area contributed by atoms with E-state index in [9.17, 15) is 14.7 Å². The molecule has 1 fully saturated rings. The summed E-state index contributed by atoms with van der Waals surface area (Å²) in [5, 5.41) is 9.49. The Morgan fingerprint density at radius 1 is 0.960 bits per heavy atom. The fraction of sp³-hybridized carbons (Fsp3) is 0.636. The lowest BCUT2D eigenvalue weighted by atomic mass is 9.71. The van der Waals surface area contributed by atoms with Crippen molar-refractivity contribution in [3.8, 4) is 0 Å². The fourth-order valence-corrected chi connectivity index (χ4v) is 5.12. The molecule has 25 heavy (non-hydrogen) atoms. The predicted molar refractivity (Wildman–Crippen MR) is 99.1 cm³/mol. The summed E-state index contributed by atoms with van der Waals surface area (Å²) in [5.74, 6) is -1.24. The van der Waals surface area contributed by atoms with Crippen LogP contribution in [0.25, 0.3) is 0 Å². The van der Waals surface area contributed by atoms with Crippen molar-refractivity contribution in [3.05, 3.63) is 34.9 Å². The standard InChI is InChI=1S/C22H30O3/c1-13-21(2,3)17-11-10-14(12-18(17)22(13,4)5)19(23)15-8-6-7-9-16(15)20(24)25/h10-13,15-16H,6-9H2,1-5H3,(H,24,25). The van der Waals surface area contributed by atoms with Crippen molar-refractivity contribution >= 4 is 11.8 Å². The Morgan fingerprint density at radius 3 is 2.12 bits per heavy atom. The average Bonchev–Trinajstić information content (AvgIpc) is 2.72. The van der Waals surface area contributed by atoms with Gasteiger partial charge in [-0.3, -0.25) is 9.59 Å². The largest absolute Gasteiger partial charge is 0.481 e. The first-order valence-corrected chi connectivity index (χ1v) is 9.50. The van der Waals surface area contributed by atoms with E-state index in [2.05, 4.69) is 46.8 Å². The Morgan fingerprint density at radius 2 is 1.52 bits per heavy atom. The number of Topliss-reactive ketones (excluding diaryl/α,β-unsaturated/α-hetero) is 1. The molecule has 3 heteroatoms. The predicted octanol–water partition coefficient (Wildman–Crippen LogP) is 4.97. The molecule has 0 aromatic heterocycles. The van der Waals surface area contributed by atoms with Gasteiger partial charge in [-0.05, 0) is 46.8 Å². The number of carboxylic acids is 1. The highest BCUT2D eigenvalue weighted by molar-refractivity contribution is 6.00. The third kappa shape index (κ3) is 2.72. The number of ketones is 1. The summed E-state index contributed by atoms with van der Waals surface area (Å²) in [6.07, 6.45) is 3.16. The first-order valence-electron chi connectivity index (χ1n) is 9.50. The minimum atomic E-state index is -0.825. The second kappa shape index (κ2) is 5.96. The summed E-state index contributed by atoms with van der Waals surface area (Å²) in [7, 11) is 0. The summed E-state index contributed by atoms with van der Waals surface area (Å²) in [6, 6.07) is 6.08. The van der Waals surface area contributed by atoms with Gasteiger partial charge in [0.2, 0.25) is 0 Å². The molecular weight excluding hydrogens is 312 g/mol. The molecule has 1 aromatic rings. The van der Waals surface area contributed by atoms with Crippen molar-refractivity contribution in [1.82, 2.24) is 0 Å². The molecule has 3 atom stereocenters. The van der Waals surface area contributed by atoms with E-state index in [0.29, 0.717) is 24.3 Å². The van der Waals surface area contributed by atoms with Gasteiger partial charge in [0, 0.05) is 11.5 Å². The van der Waals surface area contributed by atoms with Crippen LogP contribution in [0, 0.1) is 17.8 Å². The number of carbonyl (C=O) groups is 2. The first kappa shape index (κ1) is 18.2. The highest BCUT2D eigenvalue weighted by Gasteiger charge is 2.48. The number of hydrogen-bond donors (Lipinski definition) is 1. The molecule has 0 spiro atoms. The quantitative estimate of drug-likeness (QED) is 0.789. The summed E-state index contributed by atoms with van der Waals surface area (Å²) in [4.78, 5) is 24.7. The highest BCUT2D eigenvalue weighted by Crippen LogP contribution is 2.53. The number of hydrogen-bond acceptors (Lipinski definition) is 2. The van der Waals surface area contributed by atoms with Crippen LogP contribution in [0.1, 0.15) is 81.8 Å². The first-order chi connectivity index (χ1) is 11.6. The molecule has 0 saturated heterocycles. The van der Waals surface area contributed by atoms with Gasteiger partial charge in [0.1, 0.15) is 0 Å². The van der Waals surface area contributed by atoms with E-state index < -0.39 is 11.9 Å². The maximum Gasteiger partial charge on any atom is 0.307 e. The van der Waals surface area contributed by atoms with Gasteiger partial charge in [-0.15, -0.1) is 0 Å². The minimum Gasteiger partial charge on any atom is -0.481 e. The van der Waals surface area contributed by atoms with Gasteiger partial charge in [0.15, 0.2) is 5.78 Å². The second-order valence-electron chi connectivity index (χ2n) is 9.13. The van der Waals surface area contributed by atoms with Crippen molar-refractivity contribution in [1.29, 1.82) is 0 Å². The maximum absolute atomic E-state index is 13.1. The molecule has 3 nitrogen and oxygen atoms in total. The molecular formula is C22H30O3. The van der Waals surface area contributed by atoms with Gasteiger partial charge in [-0.2, -0.15) is 0 Å². The third-order valence-electron chi connectivity index (χ3n) is 7.28.